The zero-order valence-electron chi connectivity index (χ0n) is 7.62. The molecule has 1 aromatic carbocycles. The van der Waals surface area contributed by atoms with Crippen LogP contribution in [0.25, 0.3) is 16.8 Å². The average molecular weight is 169 g/mol. The van der Waals surface area contributed by atoms with Crippen molar-refractivity contribution in [2.75, 3.05) is 0 Å². The molecule has 0 aliphatic rings. The second kappa shape index (κ2) is 3.02. The monoisotopic (exact) mass is 169 g/mol. The van der Waals surface area contributed by atoms with Crippen LogP contribution in [0, 0.1) is 6.92 Å². The summed E-state index contributed by atoms with van der Waals surface area (Å²) < 4.78 is 0. The summed E-state index contributed by atoms with van der Waals surface area (Å²) in [7, 11) is 0. The van der Waals surface area contributed by atoms with Crippen molar-refractivity contribution in [3.8, 4) is 0 Å². The van der Waals surface area contributed by atoms with Gasteiger partial charge >= 0.3 is 0 Å². The summed E-state index contributed by atoms with van der Waals surface area (Å²) in [6.07, 6.45) is 3.71. The number of rotatable bonds is 1. The lowest BCUT2D eigenvalue weighted by molar-refractivity contribution is 1.24. The summed E-state index contributed by atoms with van der Waals surface area (Å²) >= 11 is 0. The Bertz CT molecular complexity index is 458. The third-order valence-corrected chi connectivity index (χ3v) is 2.26. The fourth-order valence-electron chi connectivity index (χ4n) is 1.56. The molecule has 64 valence electrons. The number of aromatic nitrogens is 1. The van der Waals surface area contributed by atoms with Crippen molar-refractivity contribution in [2.24, 2.45) is 0 Å². The van der Waals surface area contributed by atoms with Crippen molar-refractivity contribution in [1.29, 1.82) is 0 Å². The van der Waals surface area contributed by atoms with Gasteiger partial charge in [0, 0.05) is 17.3 Å². The second-order valence-electron chi connectivity index (χ2n) is 3.04. The number of nitrogens with zero attached hydrogens (tertiary/aromatic N) is 1. The number of pyridine rings is 1. The standard InChI is InChI=1S/C12H11N/c1-3-10-5-4-6-11-9(2)13-8-7-12(10)11/h3-8H,1H2,2H3. The Hall–Kier alpha value is -1.63. The van der Waals surface area contributed by atoms with E-state index in [1.54, 1.807) is 0 Å². The first-order chi connectivity index (χ1) is 6.33. The predicted molar refractivity (Wildman–Crippen MR) is 56.6 cm³/mol. The molecule has 0 bridgehead atoms. The van der Waals surface area contributed by atoms with Gasteiger partial charge in [-0.05, 0) is 23.9 Å². The van der Waals surface area contributed by atoms with Crippen molar-refractivity contribution < 1.29 is 0 Å². The van der Waals surface area contributed by atoms with Crippen molar-refractivity contribution in [3.63, 3.8) is 0 Å². The highest BCUT2D eigenvalue weighted by Gasteiger charge is 1.99. The molecule has 13 heavy (non-hydrogen) atoms. The van der Waals surface area contributed by atoms with Crippen molar-refractivity contribution >= 4 is 16.8 Å². The molecule has 0 N–H and O–H groups in total. The quantitative estimate of drug-likeness (QED) is 0.638. The Labute approximate surface area is 77.7 Å². The molecule has 0 fully saturated rings. The van der Waals surface area contributed by atoms with Crippen LogP contribution in [0.3, 0.4) is 0 Å². The van der Waals surface area contributed by atoms with E-state index in [0.717, 1.165) is 5.69 Å². The van der Waals surface area contributed by atoms with Gasteiger partial charge in [-0.3, -0.25) is 4.98 Å². The molecule has 1 heteroatoms. The molecule has 0 atom stereocenters. The Morgan fingerprint density at radius 2 is 2.08 bits per heavy atom. The second-order valence-corrected chi connectivity index (χ2v) is 3.04. The lowest BCUT2D eigenvalue weighted by Gasteiger charge is -2.03. The third kappa shape index (κ3) is 1.22. The van der Waals surface area contributed by atoms with Gasteiger partial charge in [0.25, 0.3) is 0 Å². The topological polar surface area (TPSA) is 12.9 Å². The number of benzene rings is 1. The van der Waals surface area contributed by atoms with E-state index < -0.39 is 0 Å². The Kier molecular flexibility index (Phi) is 1.85. The molecule has 1 aromatic heterocycles. The summed E-state index contributed by atoms with van der Waals surface area (Å²) in [6.45, 7) is 5.81. The zero-order chi connectivity index (χ0) is 9.26. The van der Waals surface area contributed by atoms with E-state index in [-0.39, 0.29) is 0 Å². The van der Waals surface area contributed by atoms with Crippen LogP contribution in [0.1, 0.15) is 11.3 Å². The number of hydrogen-bond donors (Lipinski definition) is 0. The summed E-state index contributed by atoms with van der Waals surface area (Å²) in [5.74, 6) is 0. The molecule has 0 spiro atoms. The van der Waals surface area contributed by atoms with Crippen LogP contribution in [0.5, 0.6) is 0 Å². The van der Waals surface area contributed by atoms with Crippen molar-refractivity contribution in [1.82, 2.24) is 4.98 Å². The van der Waals surface area contributed by atoms with Crippen LogP contribution >= 0.6 is 0 Å². The fraction of sp³-hybridized carbons (Fsp3) is 0.0833. The zero-order valence-corrected chi connectivity index (χ0v) is 7.62. The first-order valence-electron chi connectivity index (χ1n) is 4.29. The normalized spacial score (nSPS) is 10.2. The van der Waals surface area contributed by atoms with E-state index in [1.165, 1.54) is 16.3 Å². The highest BCUT2D eigenvalue weighted by molar-refractivity contribution is 5.91. The third-order valence-electron chi connectivity index (χ3n) is 2.26. The van der Waals surface area contributed by atoms with Gasteiger partial charge in [0.2, 0.25) is 0 Å². The number of hydrogen-bond acceptors (Lipinski definition) is 1. The molecular formula is C12H11N. The molecule has 1 nitrogen and oxygen atoms in total. The molecule has 0 aliphatic heterocycles. The average Bonchev–Trinajstić information content (AvgIpc) is 2.18. The van der Waals surface area contributed by atoms with E-state index in [9.17, 15) is 0 Å². The molecular weight excluding hydrogens is 158 g/mol. The van der Waals surface area contributed by atoms with Crippen molar-refractivity contribution in [3.05, 3.63) is 48.3 Å². The minimum absolute atomic E-state index is 1.07. The fourth-order valence-corrected chi connectivity index (χ4v) is 1.56. The maximum Gasteiger partial charge on any atom is 0.0451 e. The van der Waals surface area contributed by atoms with E-state index in [2.05, 4.69) is 23.7 Å². The van der Waals surface area contributed by atoms with Gasteiger partial charge < -0.3 is 0 Å². The van der Waals surface area contributed by atoms with E-state index in [0.29, 0.717) is 0 Å². The molecule has 2 aromatic rings. The van der Waals surface area contributed by atoms with Crippen LogP contribution in [0.15, 0.2) is 37.0 Å². The van der Waals surface area contributed by atoms with Gasteiger partial charge in [-0.25, -0.2) is 0 Å². The van der Waals surface area contributed by atoms with Gasteiger partial charge in [0.1, 0.15) is 0 Å². The highest BCUT2D eigenvalue weighted by atomic mass is 14.7. The Morgan fingerprint density at radius 3 is 2.85 bits per heavy atom. The minimum Gasteiger partial charge on any atom is -0.261 e. The molecule has 2 rings (SSSR count). The highest BCUT2D eigenvalue weighted by Crippen LogP contribution is 2.20. The Morgan fingerprint density at radius 1 is 1.23 bits per heavy atom. The van der Waals surface area contributed by atoms with Gasteiger partial charge in [0.05, 0.1) is 0 Å². The molecule has 0 radical (unpaired) electrons. The van der Waals surface area contributed by atoms with Gasteiger partial charge in [-0.1, -0.05) is 30.9 Å². The van der Waals surface area contributed by atoms with Gasteiger partial charge in [0.15, 0.2) is 0 Å². The molecule has 0 saturated carbocycles. The van der Waals surface area contributed by atoms with Crippen LogP contribution in [0.4, 0.5) is 0 Å². The maximum absolute atomic E-state index is 4.25. The van der Waals surface area contributed by atoms with Gasteiger partial charge in [-0.15, -0.1) is 0 Å². The predicted octanol–water partition coefficient (Wildman–Crippen LogP) is 3.19. The number of fused-ring (bicyclic) bond motifs is 1. The summed E-state index contributed by atoms with van der Waals surface area (Å²) in [5, 5.41) is 2.44. The van der Waals surface area contributed by atoms with Gasteiger partial charge in [-0.2, -0.15) is 0 Å². The van der Waals surface area contributed by atoms with E-state index in [4.69, 9.17) is 0 Å². The molecule has 0 aliphatic carbocycles. The summed E-state index contributed by atoms with van der Waals surface area (Å²) in [5.41, 5.74) is 2.24. The summed E-state index contributed by atoms with van der Waals surface area (Å²) in [6, 6.07) is 8.22. The largest absolute Gasteiger partial charge is 0.261 e. The molecule has 0 amide bonds. The summed E-state index contributed by atoms with van der Waals surface area (Å²) in [4.78, 5) is 4.25. The molecule has 0 saturated heterocycles. The maximum atomic E-state index is 4.25. The lowest BCUT2D eigenvalue weighted by atomic mass is 10.0. The SMILES string of the molecule is C=Cc1cccc2c(C)nccc12. The van der Waals surface area contributed by atoms with Crippen LogP contribution in [-0.4, -0.2) is 4.98 Å². The Balaban J connectivity index is 2.92. The van der Waals surface area contributed by atoms with E-state index >= 15 is 0 Å². The van der Waals surface area contributed by atoms with Crippen LogP contribution in [0.2, 0.25) is 0 Å². The first kappa shape index (κ1) is 7.99. The first-order valence-corrected chi connectivity index (χ1v) is 4.29. The minimum atomic E-state index is 1.07. The van der Waals surface area contributed by atoms with Crippen LogP contribution < -0.4 is 0 Å². The van der Waals surface area contributed by atoms with Crippen LogP contribution in [-0.2, 0) is 0 Å². The van der Waals surface area contributed by atoms with E-state index in [1.807, 2.05) is 31.3 Å². The molecule has 0 unspecified atom stereocenters. The molecule has 1 heterocycles. The number of aryl methyl sites for hydroxylation is 1. The lowest BCUT2D eigenvalue weighted by Crippen LogP contribution is -1.84. The smallest absolute Gasteiger partial charge is 0.0451 e. The van der Waals surface area contributed by atoms with Crippen molar-refractivity contribution in [2.45, 2.75) is 6.92 Å².